The fourth-order valence-electron chi connectivity index (χ4n) is 3.00. The molecule has 1 N–H and O–H groups in total. The molecule has 0 spiro atoms. The number of nitrogens with zero attached hydrogens (tertiary/aromatic N) is 2. The number of carbonyl (C=O) groups is 1. The molecule has 0 bridgehead atoms. The van der Waals surface area contributed by atoms with Crippen LogP contribution in [0.1, 0.15) is 48.5 Å². The number of carboxylic acids is 1. The highest BCUT2D eigenvalue weighted by Crippen LogP contribution is 2.30. The van der Waals surface area contributed by atoms with Gasteiger partial charge in [0.1, 0.15) is 11.4 Å². The van der Waals surface area contributed by atoms with Crippen LogP contribution in [0.2, 0.25) is 0 Å². The van der Waals surface area contributed by atoms with Gasteiger partial charge in [-0.2, -0.15) is 0 Å². The normalized spacial score (nSPS) is 23.1. The second-order valence-electron chi connectivity index (χ2n) is 5.67. The Kier molecular flexibility index (Phi) is 4.08. The van der Waals surface area contributed by atoms with Crippen LogP contribution in [-0.2, 0) is 0 Å². The summed E-state index contributed by atoms with van der Waals surface area (Å²) in [6, 6.07) is 2.15. The Morgan fingerprint density at radius 2 is 2.21 bits per heavy atom. The summed E-state index contributed by atoms with van der Waals surface area (Å²) >= 11 is 0. The van der Waals surface area contributed by atoms with E-state index in [1.165, 1.54) is 12.8 Å². The molecule has 0 amide bonds. The first-order valence-corrected chi connectivity index (χ1v) is 6.92. The van der Waals surface area contributed by atoms with Crippen molar-refractivity contribution in [1.82, 2.24) is 4.98 Å². The maximum absolute atomic E-state index is 11.4. The molecule has 0 radical (unpaired) electrons. The molecule has 1 fully saturated rings. The molecule has 1 aromatic rings. The molecule has 1 heterocycles. The molecule has 0 aromatic carbocycles. The van der Waals surface area contributed by atoms with Gasteiger partial charge < -0.3 is 10.0 Å². The Morgan fingerprint density at radius 1 is 1.47 bits per heavy atom. The van der Waals surface area contributed by atoms with Gasteiger partial charge in [0.2, 0.25) is 0 Å². The average molecular weight is 262 g/mol. The van der Waals surface area contributed by atoms with Crippen molar-refractivity contribution in [1.29, 1.82) is 0 Å². The maximum atomic E-state index is 11.4. The molecule has 1 saturated carbocycles. The fraction of sp³-hybridized carbons (Fsp3) is 0.600. The largest absolute Gasteiger partial charge is 0.478 e. The van der Waals surface area contributed by atoms with E-state index < -0.39 is 5.97 Å². The Bertz CT molecular complexity index is 473. The van der Waals surface area contributed by atoms with E-state index in [-0.39, 0.29) is 0 Å². The first-order chi connectivity index (χ1) is 9.00. The van der Waals surface area contributed by atoms with Crippen LogP contribution >= 0.6 is 0 Å². The topological polar surface area (TPSA) is 53.4 Å². The number of anilines is 1. The second kappa shape index (κ2) is 5.59. The highest BCUT2D eigenvalue weighted by Gasteiger charge is 2.26. The summed E-state index contributed by atoms with van der Waals surface area (Å²) in [7, 11) is 1.97. The van der Waals surface area contributed by atoms with Crippen molar-refractivity contribution in [3.63, 3.8) is 0 Å². The third-order valence-electron chi connectivity index (χ3n) is 4.14. The van der Waals surface area contributed by atoms with Crippen molar-refractivity contribution in [3.05, 3.63) is 23.4 Å². The quantitative estimate of drug-likeness (QED) is 0.909. The van der Waals surface area contributed by atoms with E-state index in [4.69, 9.17) is 0 Å². The predicted octanol–water partition coefficient (Wildman–Crippen LogP) is 3.10. The van der Waals surface area contributed by atoms with E-state index in [2.05, 4.69) is 16.8 Å². The highest BCUT2D eigenvalue weighted by atomic mass is 16.4. The van der Waals surface area contributed by atoms with Crippen molar-refractivity contribution in [2.75, 3.05) is 11.9 Å². The van der Waals surface area contributed by atoms with Crippen molar-refractivity contribution in [2.24, 2.45) is 5.92 Å². The van der Waals surface area contributed by atoms with Gasteiger partial charge in [-0.1, -0.05) is 19.8 Å². The van der Waals surface area contributed by atoms with Gasteiger partial charge in [0, 0.05) is 19.3 Å². The molecule has 4 nitrogen and oxygen atoms in total. The third kappa shape index (κ3) is 2.88. The first kappa shape index (κ1) is 13.8. The second-order valence-corrected chi connectivity index (χ2v) is 5.67. The third-order valence-corrected chi connectivity index (χ3v) is 4.14. The number of hydrogen-bond acceptors (Lipinski definition) is 3. The van der Waals surface area contributed by atoms with Crippen LogP contribution in [0.4, 0.5) is 5.82 Å². The number of aromatic carboxylic acids is 1. The summed E-state index contributed by atoms with van der Waals surface area (Å²) < 4.78 is 0. The molecule has 2 atom stereocenters. The molecule has 104 valence electrons. The lowest BCUT2D eigenvalue weighted by Gasteiger charge is -2.35. The smallest absolute Gasteiger partial charge is 0.339 e. The number of aryl methyl sites for hydroxylation is 1. The Balaban J connectivity index is 2.30. The molecule has 4 heteroatoms. The van der Waals surface area contributed by atoms with E-state index in [0.29, 0.717) is 23.3 Å². The number of carboxylic acid groups (broad SMARTS) is 1. The zero-order chi connectivity index (χ0) is 14.0. The molecule has 2 unspecified atom stereocenters. The molecule has 1 aromatic heterocycles. The summed E-state index contributed by atoms with van der Waals surface area (Å²) in [5.74, 6) is 0.419. The summed E-state index contributed by atoms with van der Waals surface area (Å²) in [4.78, 5) is 17.8. The van der Waals surface area contributed by atoms with Crippen LogP contribution < -0.4 is 4.90 Å². The standard InChI is InChI=1S/C15H22N2O2/c1-10-5-4-6-12(9-10)17(3)14-13(15(18)19)11(2)7-8-16-14/h7-8,10,12H,4-6,9H2,1-3H3,(H,18,19). The van der Waals surface area contributed by atoms with E-state index in [9.17, 15) is 9.90 Å². The molecule has 1 aliphatic carbocycles. The van der Waals surface area contributed by atoms with Crippen molar-refractivity contribution in [3.8, 4) is 0 Å². The number of aromatic nitrogens is 1. The van der Waals surface area contributed by atoms with Crippen LogP contribution in [-0.4, -0.2) is 29.1 Å². The zero-order valence-corrected chi connectivity index (χ0v) is 11.9. The van der Waals surface area contributed by atoms with Crippen LogP contribution in [0.5, 0.6) is 0 Å². The first-order valence-electron chi connectivity index (χ1n) is 6.92. The Hall–Kier alpha value is -1.58. The minimum absolute atomic E-state index is 0.336. The maximum Gasteiger partial charge on any atom is 0.339 e. The molecule has 0 aliphatic heterocycles. The number of hydrogen-bond donors (Lipinski definition) is 1. The summed E-state index contributed by atoms with van der Waals surface area (Å²) in [5, 5.41) is 9.38. The van der Waals surface area contributed by atoms with Gasteiger partial charge in [-0.15, -0.1) is 0 Å². The highest BCUT2D eigenvalue weighted by molar-refractivity contribution is 5.94. The molecular formula is C15H22N2O2. The van der Waals surface area contributed by atoms with Gasteiger partial charge >= 0.3 is 5.97 Å². The summed E-state index contributed by atoms with van der Waals surface area (Å²) in [5.41, 5.74) is 1.11. The zero-order valence-electron chi connectivity index (χ0n) is 11.9. The number of rotatable bonds is 3. The van der Waals surface area contributed by atoms with E-state index >= 15 is 0 Å². The van der Waals surface area contributed by atoms with Crippen LogP contribution in [0.25, 0.3) is 0 Å². The van der Waals surface area contributed by atoms with Gasteiger partial charge in [-0.05, 0) is 37.3 Å². The average Bonchev–Trinajstić information content (AvgIpc) is 2.37. The van der Waals surface area contributed by atoms with Gasteiger partial charge in [0.05, 0.1) is 0 Å². The van der Waals surface area contributed by atoms with Gasteiger partial charge in [0.25, 0.3) is 0 Å². The fourth-order valence-corrected chi connectivity index (χ4v) is 3.00. The van der Waals surface area contributed by atoms with E-state index in [1.807, 2.05) is 14.0 Å². The van der Waals surface area contributed by atoms with Gasteiger partial charge in [-0.25, -0.2) is 9.78 Å². The molecule has 0 saturated heterocycles. The lowest BCUT2D eigenvalue weighted by molar-refractivity contribution is 0.0696. The van der Waals surface area contributed by atoms with Crippen LogP contribution in [0.3, 0.4) is 0 Å². The molecule has 19 heavy (non-hydrogen) atoms. The number of pyridine rings is 1. The summed E-state index contributed by atoms with van der Waals surface area (Å²) in [6.45, 7) is 4.09. The molecule has 1 aliphatic rings. The minimum Gasteiger partial charge on any atom is -0.478 e. The van der Waals surface area contributed by atoms with Crippen molar-refractivity contribution < 1.29 is 9.90 Å². The predicted molar refractivity (Wildman–Crippen MR) is 75.8 cm³/mol. The van der Waals surface area contributed by atoms with Crippen molar-refractivity contribution >= 4 is 11.8 Å². The monoisotopic (exact) mass is 262 g/mol. The van der Waals surface area contributed by atoms with E-state index in [0.717, 1.165) is 18.4 Å². The minimum atomic E-state index is -0.892. The Labute approximate surface area is 114 Å². The molecular weight excluding hydrogens is 240 g/mol. The Morgan fingerprint density at radius 3 is 2.84 bits per heavy atom. The van der Waals surface area contributed by atoms with E-state index in [1.54, 1.807) is 12.3 Å². The lowest BCUT2D eigenvalue weighted by Crippen LogP contribution is -2.37. The van der Waals surface area contributed by atoms with Gasteiger partial charge in [-0.3, -0.25) is 0 Å². The van der Waals surface area contributed by atoms with Crippen LogP contribution in [0.15, 0.2) is 12.3 Å². The molecule has 2 rings (SSSR count). The summed E-state index contributed by atoms with van der Waals surface area (Å²) in [6.07, 6.45) is 6.42. The van der Waals surface area contributed by atoms with Crippen molar-refractivity contribution in [2.45, 2.75) is 45.6 Å². The lowest BCUT2D eigenvalue weighted by atomic mass is 9.86. The van der Waals surface area contributed by atoms with Gasteiger partial charge in [0.15, 0.2) is 0 Å². The SMILES string of the molecule is Cc1ccnc(N(C)C2CCCC(C)C2)c1C(=O)O. The van der Waals surface area contributed by atoms with Crippen LogP contribution in [0, 0.1) is 12.8 Å².